The Bertz CT molecular complexity index is 262. The molecule has 3 nitrogen and oxygen atoms in total. The third-order valence-corrected chi connectivity index (χ3v) is 5.86. The topological polar surface area (TPSA) is 30.3 Å². The third kappa shape index (κ3) is 4.72. The molecule has 0 aromatic carbocycles. The van der Waals surface area contributed by atoms with Gasteiger partial charge in [-0.05, 0) is 13.0 Å². The van der Waals surface area contributed by atoms with Crippen molar-refractivity contribution >= 4 is 8.80 Å². The summed E-state index contributed by atoms with van der Waals surface area (Å²) in [6, 6.07) is 2.28. The molecule has 1 fully saturated rings. The molecule has 0 saturated carbocycles. The summed E-state index contributed by atoms with van der Waals surface area (Å²) in [6.45, 7) is 11.8. The van der Waals surface area contributed by atoms with Gasteiger partial charge in [-0.3, -0.25) is 9.80 Å². The highest BCUT2D eigenvalue weighted by Gasteiger charge is 2.33. The molecule has 1 unspecified atom stereocenters. The fourth-order valence-electron chi connectivity index (χ4n) is 3.02. The van der Waals surface area contributed by atoms with Crippen LogP contribution in [-0.2, 0) is 0 Å². The SMILES string of the molecule is CCCCCCN1CCN(CCC#N)C1[SiH](C)C. The van der Waals surface area contributed by atoms with Gasteiger partial charge >= 0.3 is 0 Å². The molecule has 0 bridgehead atoms. The third-order valence-electron chi connectivity index (χ3n) is 3.83. The van der Waals surface area contributed by atoms with Crippen LogP contribution in [0, 0.1) is 11.3 Å². The quantitative estimate of drug-likeness (QED) is 0.500. The maximum atomic E-state index is 8.74. The van der Waals surface area contributed by atoms with Gasteiger partial charge in [-0.1, -0.05) is 39.3 Å². The van der Waals surface area contributed by atoms with E-state index in [-0.39, 0.29) is 0 Å². The molecule has 1 saturated heterocycles. The lowest BCUT2D eigenvalue weighted by atomic mass is 10.2. The van der Waals surface area contributed by atoms with E-state index in [1.54, 1.807) is 0 Å². The molecule has 0 aromatic rings. The van der Waals surface area contributed by atoms with Crippen molar-refractivity contribution in [2.45, 2.75) is 57.9 Å². The van der Waals surface area contributed by atoms with Gasteiger partial charge in [0.1, 0.15) is 0 Å². The van der Waals surface area contributed by atoms with Gasteiger partial charge in [0.2, 0.25) is 0 Å². The Kier molecular flexibility index (Phi) is 7.56. The first kappa shape index (κ1) is 15.7. The van der Waals surface area contributed by atoms with Crippen molar-refractivity contribution in [3.63, 3.8) is 0 Å². The number of nitriles is 1. The van der Waals surface area contributed by atoms with Gasteiger partial charge in [0.15, 0.2) is 0 Å². The highest BCUT2D eigenvalue weighted by Crippen LogP contribution is 2.18. The zero-order valence-electron chi connectivity index (χ0n) is 12.4. The van der Waals surface area contributed by atoms with E-state index < -0.39 is 8.80 Å². The van der Waals surface area contributed by atoms with Crippen LogP contribution in [0.4, 0.5) is 0 Å². The summed E-state index contributed by atoms with van der Waals surface area (Å²) in [4.78, 5) is 5.24. The zero-order chi connectivity index (χ0) is 13.4. The van der Waals surface area contributed by atoms with Crippen LogP contribution in [0.1, 0.15) is 39.0 Å². The molecule has 0 N–H and O–H groups in total. The summed E-state index contributed by atoms with van der Waals surface area (Å²) in [5.41, 5.74) is 0. The van der Waals surface area contributed by atoms with Gasteiger partial charge in [0.25, 0.3) is 0 Å². The van der Waals surface area contributed by atoms with Crippen LogP contribution < -0.4 is 0 Å². The predicted octanol–water partition coefficient (Wildman–Crippen LogP) is 2.45. The summed E-state index contributed by atoms with van der Waals surface area (Å²) < 4.78 is 0. The first-order valence-corrected chi connectivity index (χ1v) is 10.5. The summed E-state index contributed by atoms with van der Waals surface area (Å²) in [7, 11) is -0.698. The van der Waals surface area contributed by atoms with Crippen molar-refractivity contribution in [3.8, 4) is 6.07 Å². The minimum absolute atomic E-state index is 0.682. The molecule has 1 aliphatic heterocycles. The van der Waals surface area contributed by atoms with E-state index in [9.17, 15) is 0 Å². The monoisotopic (exact) mass is 267 g/mol. The number of unbranched alkanes of at least 4 members (excludes halogenated alkanes) is 3. The van der Waals surface area contributed by atoms with Crippen LogP contribution in [0.2, 0.25) is 13.1 Å². The van der Waals surface area contributed by atoms with Crippen molar-refractivity contribution in [2.75, 3.05) is 26.2 Å². The van der Waals surface area contributed by atoms with Crippen molar-refractivity contribution in [1.29, 1.82) is 5.26 Å². The minimum atomic E-state index is -0.698. The number of rotatable bonds is 8. The van der Waals surface area contributed by atoms with Crippen molar-refractivity contribution < 1.29 is 0 Å². The average Bonchev–Trinajstić information content (AvgIpc) is 2.75. The fraction of sp³-hybridized carbons (Fsp3) is 0.929. The standard InChI is InChI=1S/C14H29N3Si/c1-4-5-6-7-10-16-12-13-17(11-8-9-15)14(16)18(2)3/h14,18H,4-8,10-13H2,1-3H3. The lowest BCUT2D eigenvalue weighted by Crippen LogP contribution is -2.48. The number of nitrogens with zero attached hydrogens (tertiary/aromatic N) is 3. The molecule has 1 rings (SSSR count). The van der Waals surface area contributed by atoms with E-state index in [4.69, 9.17) is 5.26 Å². The van der Waals surface area contributed by atoms with Gasteiger partial charge in [0.05, 0.1) is 14.9 Å². The highest BCUT2D eigenvalue weighted by molar-refractivity contribution is 6.57. The maximum absolute atomic E-state index is 8.74. The van der Waals surface area contributed by atoms with Gasteiger partial charge < -0.3 is 0 Å². The summed E-state index contributed by atoms with van der Waals surface area (Å²) >= 11 is 0. The lowest BCUT2D eigenvalue weighted by molar-refractivity contribution is 0.201. The maximum Gasteiger partial charge on any atom is 0.0692 e. The van der Waals surface area contributed by atoms with E-state index in [2.05, 4.69) is 35.9 Å². The predicted molar refractivity (Wildman–Crippen MR) is 80.2 cm³/mol. The summed E-state index contributed by atoms with van der Waals surface area (Å²) in [5.74, 6) is 0.694. The molecular formula is C14H29N3Si. The number of hydrogen-bond acceptors (Lipinski definition) is 3. The van der Waals surface area contributed by atoms with Gasteiger partial charge in [-0.25, -0.2) is 0 Å². The Hall–Kier alpha value is -0.373. The van der Waals surface area contributed by atoms with Gasteiger partial charge in [0, 0.05) is 31.8 Å². The molecule has 0 aliphatic carbocycles. The molecule has 1 atom stereocenters. The Labute approximate surface area is 114 Å². The Balaban J connectivity index is 2.40. The van der Waals surface area contributed by atoms with E-state index in [0.717, 1.165) is 6.54 Å². The molecule has 0 radical (unpaired) electrons. The Morgan fingerprint density at radius 2 is 1.78 bits per heavy atom. The minimum Gasteiger partial charge on any atom is -0.290 e. The molecule has 1 aliphatic rings. The Morgan fingerprint density at radius 1 is 1.11 bits per heavy atom. The lowest BCUT2D eigenvalue weighted by Gasteiger charge is -2.32. The van der Waals surface area contributed by atoms with E-state index in [0.29, 0.717) is 12.2 Å². The van der Waals surface area contributed by atoms with E-state index >= 15 is 0 Å². The van der Waals surface area contributed by atoms with E-state index in [1.165, 1.54) is 45.3 Å². The van der Waals surface area contributed by atoms with Gasteiger partial charge in [-0.2, -0.15) is 5.26 Å². The van der Waals surface area contributed by atoms with Crippen molar-refractivity contribution in [2.24, 2.45) is 0 Å². The largest absolute Gasteiger partial charge is 0.290 e. The first-order valence-electron chi connectivity index (χ1n) is 7.55. The molecule has 18 heavy (non-hydrogen) atoms. The van der Waals surface area contributed by atoms with Crippen molar-refractivity contribution in [3.05, 3.63) is 0 Å². The second kappa shape index (κ2) is 8.68. The number of hydrogen-bond donors (Lipinski definition) is 0. The molecule has 4 heteroatoms. The van der Waals surface area contributed by atoms with Crippen LogP contribution in [0.25, 0.3) is 0 Å². The first-order chi connectivity index (χ1) is 8.70. The Morgan fingerprint density at radius 3 is 2.33 bits per heavy atom. The molecule has 0 spiro atoms. The highest BCUT2D eigenvalue weighted by atomic mass is 28.3. The normalized spacial score (nSPS) is 21.6. The van der Waals surface area contributed by atoms with E-state index in [1.807, 2.05) is 0 Å². The van der Waals surface area contributed by atoms with Crippen LogP contribution in [-0.4, -0.2) is 50.6 Å². The molecule has 0 amide bonds. The van der Waals surface area contributed by atoms with Crippen LogP contribution in [0.15, 0.2) is 0 Å². The zero-order valence-corrected chi connectivity index (χ0v) is 13.5. The summed E-state index contributed by atoms with van der Waals surface area (Å²) in [6.07, 6.45) is 6.09. The molecular weight excluding hydrogens is 238 g/mol. The second-order valence-corrected chi connectivity index (χ2v) is 8.78. The van der Waals surface area contributed by atoms with Crippen LogP contribution in [0.5, 0.6) is 0 Å². The average molecular weight is 267 g/mol. The fourth-order valence-corrected chi connectivity index (χ4v) is 5.30. The van der Waals surface area contributed by atoms with Crippen LogP contribution >= 0.6 is 0 Å². The van der Waals surface area contributed by atoms with Crippen molar-refractivity contribution in [1.82, 2.24) is 9.80 Å². The van der Waals surface area contributed by atoms with Crippen LogP contribution in [0.3, 0.4) is 0 Å². The van der Waals surface area contributed by atoms with Gasteiger partial charge in [-0.15, -0.1) is 0 Å². The smallest absolute Gasteiger partial charge is 0.0692 e. The molecule has 104 valence electrons. The second-order valence-electron chi connectivity index (χ2n) is 5.70. The molecule has 1 heterocycles. The molecule has 0 aromatic heterocycles. The summed E-state index contributed by atoms with van der Waals surface area (Å²) in [5, 5.41) is 8.74.